The van der Waals surface area contributed by atoms with Crippen molar-refractivity contribution in [2.45, 2.75) is 20.3 Å². The van der Waals surface area contributed by atoms with Crippen molar-refractivity contribution < 1.29 is 18.8 Å². The zero-order valence-electron chi connectivity index (χ0n) is 14.4. The lowest BCUT2D eigenvalue weighted by molar-refractivity contribution is -0.116. The second-order valence-electron chi connectivity index (χ2n) is 6.09. The fourth-order valence-electron chi connectivity index (χ4n) is 2.97. The molecule has 0 unspecified atom stereocenters. The number of rotatable bonds is 3. The average molecular weight is 355 g/mol. The SMILES string of the molecule is CC(=O)Nc1ccc(F)c(NC(=O)c2ccc3c(c2)CCN3C(C)=O)c1. The second-order valence-corrected chi connectivity index (χ2v) is 6.09. The maximum atomic E-state index is 14.0. The molecule has 6 nitrogen and oxygen atoms in total. The van der Waals surface area contributed by atoms with Gasteiger partial charge in [0, 0.05) is 37.3 Å². The molecule has 3 amide bonds. The van der Waals surface area contributed by atoms with E-state index in [0.29, 0.717) is 24.2 Å². The van der Waals surface area contributed by atoms with Gasteiger partial charge in [-0.2, -0.15) is 0 Å². The molecule has 0 aromatic heterocycles. The molecule has 2 N–H and O–H groups in total. The van der Waals surface area contributed by atoms with Crippen molar-refractivity contribution in [1.82, 2.24) is 0 Å². The normalized spacial score (nSPS) is 12.5. The largest absolute Gasteiger partial charge is 0.326 e. The van der Waals surface area contributed by atoms with E-state index in [1.54, 1.807) is 23.1 Å². The topological polar surface area (TPSA) is 78.5 Å². The highest BCUT2D eigenvalue weighted by Crippen LogP contribution is 2.29. The van der Waals surface area contributed by atoms with Crippen LogP contribution in [-0.2, 0) is 16.0 Å². The van der Waals surface area contributed by atoms with Gasteiger partial charge < -0.3 is 15.5 Å². The van der Waals surface area contributed by atoms with Crippen LogP contribution in [0, 0.1) is 5.82 Å². The molecule has 7 heteroatoms. The summed E-state index contributed by atoms with van der Waals surface area (Å²) in [4.78, 5) is 36.8. The van der Waals surface area contributed by atoms with E-state index in [4.69, 9.17) is 0 Å². The van der Waals surface area contributed by atoms with E-state index in [2.05, 4.69) is 10.6 Å². The van der Waals surface area contributed by atoms with Gasteiger partial charge in [0.25, 0.3) is 5.91 Å². The van der Waals surface area contributed by atoms with Gasteiger partial charge in [-0.1, -0.05) is 0 Å². The minimum atomic E-state index is -0.601. The molecule has 0 bridgehead atoms. The molecule has 0 radical (unpaired) electrons. The number of benzene rings is 2. The number of fused-ring (bicyclic) bond motifs is 1. The molecule has 26 heavy (non-hydrogen) atoms. The van der Waals surface area contributed by atoms with Crippen molar-refractivity contribution in [2.24, 2.45) is 0 Å². The van der Waals surface area contributed by atoms with E-state index < -0.39 is 11.7 Å². The lowest BCUT2D eigenvalue weighted by atomic mass is 10.1. The van der Waals surface area contributed by atoms with Crippen LogP contribution < -0.4 is 15.5 Å². The number of nitrogens with one attached hydrogen (secondary N) is 2. The van der Waals surface area contributed by atoms with E-state index in [0.717, 1.165) is 11.3 Å². The Hall–Kier alpha value is -3.22. The molecule has 3 rings (SSSR count). The van der Waals surface area contributed by atoms with E-state index in [9.17, 15) is 18.8 Å². The van der Waals surface area contributed by atoms with E-state index >= 15 is 0 Å². The molecule has 134 valence electrons. The van der Waals surface area contributed by atoms with Crippen molar-refractivity contribution in [1.29, 1.82) is 0 Å². The third-order valence-electron chi connectivity index (χ3n) is 4.15. The highest BCUT2D eigenvalue weighted by atomic mass is 19.1. The smallest absolute Gasteiger partial charge is 0.255 e. The summed E-state index contributed by atoms with van der Waals surface area (Å²) in [6.45, 7) is 3.43. The molecule has 1 aliphatic heterocycles. The molecule has 1 aliphatic rings. The molecule has 1 heterocycles. The quantitative estimate of drug-likeness (QED) is 0.888. The number of hydrogen-bond donors (Lipinski definition) is 2. The zero-order chi connectivity index (χ0) is 18.8. The molecule has 0 saturated carbocycles. The Kier molecular flexibility index (Phi) is 4.71. The van der Waals surface area contributed by atoms with Crippen molar-refractivity contribution in [3.63, 3.8) is 0 Å². The Balaban J connectivity index is 1.81. The maximum absolute atomic E-state index is 14.0. The molecule has 0 fully saturated rings. The molecule has 0 saturated heterocycles. The first-order valence-corrected chi connectivity index (χ1v) is 8.14. The van der Waals surface area contributed by atoms with Gasteiger partial charge in [0.2, 0.25) is 11.8 Å². The van der Waals surface area contributed by atoms with Gasteiger partial charge >= 0.3 is 0 Å². The van der Waals surface area contributed by atoms with Crippen molar-refractivity contribution in [3.8, 4) is 0 Å². The van der Waals surface area contributed by atoms with Gasteiger partial charge in [-0.25, -0.2) is 4.39 Å². The van der Waals surface area contributed by atoms with Crippen LogP contribution in [0.5, 0.6) is 0 Å². The summed E-state index contributed by atoms with van der Waals surface area (Å²) in [7, 11) is 0. The van der Waals surface area contributed by atoms with Gasteiger partial charge in [0.05, 0.1) is 5.69 Å². The average Bonchev–Trinajstić information content (AvgIpc) is 3.00. The number of hydrogen-bond acceptors (Lipinski definition) is 3. The zero-order valence-corrected chi connectivity index (χ0v) is 14.4. The molecule has 0 atom stereocenters. The Bertz CT molecular complexity index is 911. The van der Waals surface area contributed by atoms with E-state index in [1.165, 1.54) is 32.0 Å². The Morgan fingerprint density at radius 1 is 1.04 bits per heavy atom. The summed E-state index contributed by atoms with van der Waals surface area (Å²) in [5.41, 5.74) is 2.44. The standard InChI is InChI=1S/C19H18FN3O3/c1-11(24)21-15-4-5-16(20)17(10-15)22-19(26)14-3-6-18-13(9-14)7-8-23(18)12(2)25/h3-6,9-10H,7-8H2,1-2H3,(H,21,24)(H,22,26). The van der Waals surface area contributed by atoms with E-state index in [1.807, 2.05) is 0 Å². The Morgan fingerprint density at radius 2 is 1.81 bits per heavy atom. The van der Waals surface area contributed by atoms with Crippen LogP contribution in [0.15, 0.2) is 36.4 Å². The Morgan fingerprint density at radius 3 is 2.50 bits per heavy atom. The van der Waals surface area contributed by atoms with Crippen LogP contribution in [0.25, 0.3) is 0 Å². The second kappa shape index (κ2) is 6.95. The summed E-state index contributed by atoms with van der Waals surface area (Å²) >= 11 is 0. The van der Waals surface area contributed by atoms with Crippen LogP contribution >= 0.6 is 0 Å². The maximum Gasteiger partial charge on any atom is 0.255 e. The number of amides is 3. The first kappa shape index (κ1) is 17.6. The minimum absolute atomic E-state index is 0.0212. The monoisotopic (exact) mass is 355 g/mol. The molecule has 0 spiro atoms. The number of halogens is 1. The fraction of sp³-hybridized carbons (Fsp3) is 0.211. The lowest BCUT2D eigenvalue weighted by Gasteiger charge is -2.15. The van der Waals surface area contributed by atoms with Gasteiger partial charge in [0.1, 0.15) is 5.82 Å². The minimum Gasteiger partial charge on any atom is -0.326 e. The van der Waals surface area contributed by atoms with Crippen molar-refractivity contribution in [3.05, 3.63) is 53.3 Å². The molecular weight excluding hydrogens is 337 g/mol. The lowest BCUT2D eigenvalue weighted by Crippen LogP contribution is -2.25. The molecule has 2 aromatic carbocycles. The molecule has 0 aliphatic carbocycles. The van der Waals surface area contributed by atoms with Crippen LogP contribution in [0.4, 0.5) is 21.5 Å². The van der Waals surface area contributed by atoms with Gasteiger partial charge in [-0.15, -0.1) is 0 Å². The van der Waals surface area contributed by atoms with Crippen LogP contribution in [0.2, 0.25) is 0 Å². The number of carbonyl (C=O) groups is 3. The number of anilines is 3. The number of carbonyl (C=O) groups excluding carboxylic acids is 3. The number of nitrogens with zero attached hydrogens (tertiary/aromatic N) is 1. The highest BCUT2D eigenvalue weighted by molar-refractivity contribution is 6.05. The van der Waals surface area contributed by atoms with Crippen LogP contribution in [0.3, 0.4) is 0 Å². The predicted molar refractivity (Wildman–Crippen MR) is 96.8 cm³/mol. The highest BCUT2D eigenvalue weighted by Gasteiger charge is 2.23. The summed E-state index contributed by atoms with van der Waals surface area (Å²) in [5.74, 6) is -1.40. The summed E-state index contributed by atoms with van der Waals surface area (Å²) in [5, 5.41) is 5.06. The predicted octanol–water partition coefficient (Wildman–Crippen LogP) is 2.95. The Labute approximate surface area is 150 Å². The van der Waals surface area contributed by atoms with E-state index in [-0.39, 0.29) is 17.5 Å². The third-order valence-corrected chi connectivity index (χ3v) is 4.15. The van der Waals surface area contributed by atoms with Crippen LogP contribution in [-0.4, -0.2) is 24.3 Å². The first-order valence-electron chi connectivity index (χ1n) is 8.14. The third kappa shape index (κ3) is 3.56. The van der Waals surface area contributed by atoms with Gasteiger partial charge in [-0.3, -0.25) is 14.4 Å². The van der Waals surface area contributed by atoms with Gasteiger partial charge in [0.15, 0.2) is 0 Å². The first-order chi connectivity index (χ1) is 12.3. The van der Waals surface area contributed by atoms with Crippen molar-refractivity contribution >= 4 is 34.8 Å². The fourth-order valence-corrected chi connectivity index (χ4v) is 2.97. The molecule has 2 aromatic rings. The summed E-state index contributed by atoms with van der Waals surface area (Å²) in [6, 6.07) is 8.99. The van der Waals surface area contributed by atoms with Crippen molar-refractivity contribution in [2.75, 3.05) is 22.1 Å². The van der Waals surface area contributed by atoms with Gasteiger partial charge in [-0.05, 0) is 48.4 Å². The summed E-state index contributed by atoms with van der Waals surface area (Å²) in [6.07, 6.45) is 0.669. The molecular formula is C19H18FN3O3. The summed E-state index contributed by atoms with van der Waals surface area (Å²) < 4.78 is 14.0. The van der Waals surface area contributed by atoms with Crippen LogP contribution in [0.1, 0.15) is 29.8 Å².